The minimum atomic E-state index is 0.375. The van der Waals surface area contributed by atoms with Crippen LogP contribution in [0.3, 0.4) is 0 Å². The Bertz CT molecular complexity index is 740. The molecule has 1 aromatic carbocycles. The van der Waals surface area contributed by atoms with Crippen LogP contribution in [0.4, 0.5) is 0 Å². The van der Waals surface area contributed by atoms with E-state index in [1.165, 1.54) is 49.9 Å². The summed E-state index contributed by atoms with van der Waals surface area (Å²) in [7, 11) is 0. The van der Waals surface area contributed by atoms with Gasteiger partial charge in [0, 0.05) is 38.6 Å². The number of aryl methyl sites for hydroxylation is 1. The van der Waals surface area contributed by atoms with Crippen molar-refractivity contribution in [1.29, 1.82) is 0 Å². The first kappa shape index (κ1) is 20.5. The number of rotatable bonds is 8. The lowest BCUT2D eigenvalue weighted by atomic mass is 9.95. The summed E-state index contributed by atoms with van der Waals surface area (Å²) in [6.45, 7) is 9.54. The molecule has 0 unspecified atom stereocenters. The number of aromatic nitrogens is 2. The van der Waals surface area contributed by atoms with Crippen molar-refractivity contribution in [3.8, 4) is 0 Å². The number of piperidine rings is 1. The molecule has 2 aromatic rings. The second kappa shape index (κ2) is 10.3. The third-order valence-corrected chi connectivity index (χ3v) is 6.35. The highest BCUT2D eigenvalue weighted by atomic mass is 16.5. The second-order valence-electron chi connectivity index (χ2n) is 8.64. The van der Waals surface area contributed by atoms with Gasteiger partial charge in [0.2, 0.25) is 0 Å². The van der Waals surface area contributed by atoms with Gasteiger partial charge < -0.3 is 4.74 Å². The highest BCUT2D eigenvalue weighted by Gasteiger charge is 2.25. The molecule has 1 aromatic heterocycles. The molecule has 0 bridgehead atoms. The molecule has 0 aliphatic carbocycles. The molecule has 29 heavy (non-hydrogen) atoms. The number of nitrogens with zero attached hydrogens (tertiary/aromatic N) is 4. The molecular formula is C24H34N4O. The summed E-state index contributed by atoms with van der Waals surface area (Å²) in [5.41, 5.74) is 2.87. The summed E-state index contributed by atoms with van der Waals surface area (Å²) in [5, 5.41) is 0. The van der Waals surface area contributed by atoms with E-state index in [1.54, 1.807) is 0 Å². The standard InChI is InChI=1S/C24H34N4O/c1-20-6-2-3-7-22(20)17-27-13-9-21(10-14-27)16-28(18-23-8-4-15-29-23)19-24-25-11-5-12-26-24/h2-3,5-7,11-12,21,23H,4,8-10,13-19H2,1H3/t23-/m1/s1. The smallest absolute Gasteiger partial charge is 0.142 e. The van der Waals surface area contributed by atoms with Crippen LogP contribution < -0.4 is 0 Å². The molecular weight excluding hydrogens is 360 g/mol. The molecule has 0 radical (unpaired) electrons. The van der Waals surface area contributed by atoms with Gasteiger partial charge in [0.1, 0.15) is 5.82 Å². The first-order valence-corrected chi connectivity index (χ1v) is 11.1. The van der Waals surface area contributed by atoms with Gasteiger partial charge in [0.25, 0.3) is 0 Å². The van der Waals surface area contributed by atoms with Crippen LogP contribution in [0.2, 0.25) is 0 Å². The van der Waals surface area contributed by atoms with E-state index in [4.69, 9.17) is 4.74 Å². The van der Waals surface area contributed by atoms with E-state index in [9.17, 15) is 0 Å². The maximum Gasteiger partial charge on any atom is 0.142 e. The minimum Gasteiger partial charge on any atom is -0.377 e. The van der Waals surface area contributed by atoms with Crippen molar-refractivity contribution in [2.24, 2.45) is 5.92 Å². The third-order valence-electron chi connectivity index (χ3n) is 6.35. The molecule has 4 rings (SSSR count). The van der Waals surface area contributed by atoms with Gasteiger partial charge in [-0.3, -0.25) is 9.80 Å². The first-order valence-electron chi connectivity index (χ1n) is 11.1. The zero-order valence-electron chi connectivity index (χ0n) is 17.7. The van der Waals surface area contributed by atoms with E-state index in [0.29, 0.717) is 6.10 Å². The molecule has 3 heterocycles. The number of benzene rings is 1. The Morgan fingerprint density at radius 2 is 1.83 bits per heavy atom. The lowest BCUT2D eigenvalue weighted by Gasteiger charge is -2.35. The van der Waals surface area contributed by atoms with Crippen molar-refractivity contribution in [3.63, 3.8) is 0 Å². The van der Waals surface area contributed by atoms with E-state index in [2.05, 4.69) is 51.0 Å². The highest BCUT2D eigenvalue weighted by Crippen LogP contribution is 2.23. The quantitative estimate of drug-likeness (QED) is 0.683. The molecule has 0 spiro atoms. The van der Waals surface area contributed by atoms with Gasteiger partial charge in [0.15, 0.2) is 0 Å². The fraction of sp³-hybridized carbons (Fsp3) is 0.583. The van der Waals surface area contributed by atoms with E-state index in [0.717, 1.165) is 44.5 Å². The zero-order chi connectivity index (χ0) is 19.9. The fourth-order valence-corrected chi connectivity index (χ4v) is 4.61. The van der Waals surface area contributed by atoms with Crippen LogP contribution in [0, 0.1) is 12.8 Å². The number of hydrogen-bond donors (Lipinski definition) is 0. The number of hydrogen-bond acceptors (Lipinski definition) is 5. The van der Waals surface area contributed by atoms with Crippen LogP contribution in [-0.2, 0) is 17.8 Å². The van der Waals surface area contributed by atoms with Gasteiger partial charge in [-0.05, 0) is 68.8 Å². The molecule has 0 N–H and O–H groups in total. The third kappa shape index (κ3) is 6.08. The van der Waals surface area contributed by atoms with Crippen molar-refractivity contribution >= 4 is 0 Å². The van der Waals surface area contributed by atoms with Gasteiger partial charge in [-0.2, -0.15) is 0 Å². The molecule has 156 valence electrons. The van der Waals surface area contributed by atoms with Crippen molar-refractivity contribution < 1.29 is 4.74 Å². The summed E-state index contributed by atoms with van der Waals surface area (Å²) in [6.07, 6.45) is 8.97. The first-order chi connectivity index (χ1) is 14.3. The second-order valence-corrected chi connectivity index (χ2v) is 8.64. The largest absolute Gasteiger partial charge is 0.377 e. The van der Waals surface area contributed by atoms with Gasteiger partial charge in [-0.1, -0.05) is 24.3 Å². The topological polar surface area (TPSA) is 41.5 Å². The molecule has 0 amide bonds. The minimum absolute atomic E-state index is 0.375. The summed E-state index contributed by atoms with van der Waals surface area (Å²) >= 11 is 0. The molecule has 2 saturated heterocycles. The Hall–Kier alpha value is -1.82. The molecule has 2 fully saturated rings. The Kier molecular flexibility index (Phi) is 7.25. The van der Waals surface area contributed by atoms with E-state index < -0.39 is 0 Å². The maximum absolute atomic E-state index is 5.91. The van der Waals surface area contributed by atoms with Crippen LogP contribution in [0.1, 0.15) is 42.6 Å². The SMILES string of the molecule is Cc1ccccc1CN1CCC(CN(Cc2ncccn2)C[C@H]2CCCO2)CC1. The highest BCUT2D eigenvalue weighted by molar-refractivity contribution is 5.25. The Labute approximate surface area is 175 Å². The average Bonchev–Trinajstić information content (AvgIpc) is 3.25. The van der Waals surface area contributed by atoms with Gasteiger partial charge in [-0.15, -0.1) is 0 Å². The van der Waals surface area contributed by atoms with Crippen LogP contribution in [0.15, 0.2) is 42.7 Å². The van der Waals surface area contributed by atoms with E-state index in [-0.39, 0.29) is 0 Å². The predicted octanol–water partition coefficient (Wildman–Crippen LogP) is 3.68. The summed E-state index contributed by atoms with van der Waals surface area (Å²) in [5.74, 6) is 1.66. The Morgan fingerprint density at radius 3 is 2.55 bits per heavy atom. The Morgan fingerprint density at radius 1 is 1.03 bits per heavy atom. The van der Waals surface area contributed by atoms with Gasteiger partial charge in [-0.25, -0.2) is 9.97 Å². The van der Waals surface area contributed by atoms with Gasteiger partial charge in [0.05, 0.1) is 12.6 Å². The molecule has 5 heteroatoms. The molecule has 2 aliphatic heterocycles. The van der Waals surface area contributed by atoms with Gasteiger partial charge >= 0.3 is 0 Å². The summed E-state index contributed by atoms with van der Waals surface area (Å²) in [6, 6.07) is 10.7. The lowest BCUT2D eigenvalue weighted by molar-refractivity contribution is 0.0560. The Balaban J connectivity index is 1.30. The number of likely N-dealkylation sites (tertiary alicyclic amines) is 1. The van der Waals surface area contributed by atoms with Crippen molar-refractivity contribution in [1.82, 2.24) is 19.8 Å². The van der Waals surface area contributed by atoms with Crippen molar-refractivity contribution in [2.45, 2.75) is 51.8 Å². The fourth-order valence-electron chi connectivity index (χ4n) is 4.61. The van der Waals surface area contributed by atoms with Crippen LogP contribution in [0.5, 0.6) is 0 Å². The normalized spacial score (nSPS) is 21.1. The van der Waals surface area contributed by atoms with E-state index >= 15 is 0 Å². The van der Waals surface area contributed by atoms with Crippen molar-refractivity contribution in [2.75, 3.05) is 32.8 Å². The summed E-state index contributed by atoms with van der Waals surface area (Å²) < 4.78 is 5.91. The maximum atomic E-state index is 5.91. The van der Waals surface area contributed by atoms with Crippen molar-refractivity contribution in [3.05, 3.63) is 59.7 Å². The predicted molar refractivity (Wildman–Crippen MR) is 115 cm³/mol. The van der Waals surface area contributed by atoms with E-state index in [1.807, 2.05) is 18.5 Å². The van der Waals surface area contributed by atoms with Crippen LogP contribution in [-0.4, -0.2) is 58.7 Å². The summed E-state index contributed by atoms with van der Waals surface area (Å²) in [4.78, 5) is 14.1. The van der Waals surface area contributed by atoms with Crippen LogP contribution in [0.25, 0.3) is 0 Å². The molecule has 2 aliphatic rings. The molecule has 1 atom stereocenters. The molecule has 5 nitrogen and oxygen atoms in total. The number of ether oxygens (including phenoxy) is 1. The zero-order valence-corrected chi connectivity index (χ0v) is 17.7. The lowest BCUT2D eigenvalue weighted by Crippen LogP contribution is -2.40. The van der Waals surface area contributed by atoms with Crippen LogP contribution >= 0.6 is 0 Å². The average molecular weight is 395 g/mol. The molecule has 0 saturated carbocycles. The monoisotopic (exact) mass is 394 g/mol.